The van der Waals surface area contributed by atoms with Crippen LogP contribution in [0, 0.1) is 0 Å². The standard InChI is InChI=1S/C13H15BrCl2N4O/c1-21-6-5-20-13(8(14)7-18-20)12(19-17)11-9(15)3-2-4-10(11)16/h2-4,7,12,19H,5-6,17H2,1H3. The van der Waals surface area contributed by atoms with Crippen LogP contribution in [0.25, 0.3) is 0 Å². The summed E-state index contributed by atoms with van der Waals surface area (Å²) in [5.41, 5.74) is 4.31. The molecular formula is C13H15BrCl2N4O. The quantitative estimate of drug-likeness (QED) is 0.584. The Hall–Kier alpha value is -0.630. The molecule has 0 aliphatic carbocycles. The molecule has 1 aromatic carbocycles. The van der Waals surface area contributed by atoms with Crippen molar-refractivity contribution in [1.29, 1.82) is 0 Å². The highest BCUT2D eigenvalue weighted by atomic mass is 79.9. The molecule has 0 fully saturated rings. The van der Waals surface area contributed by atoms with E-state index in [1.54, 1.807) is 36.2 Å². The van der Waals surface area contributed by atoms with Gasteiger partial charge in [-0.25, -0.2) is 5.43 Å². The monoisotopic (exact) mass is 392 g/mol. The minimum Gasteiger partial charge on any atom is -0.383 e. The molecule has 114 valence electrons. The third-order valence-corrected chi connectivity index (χ3v) is 4.34. The van der Waals surface area contributed by atoms with Crippen LogP contribution in [0.4, 0.5) is 0 Å². The molecule has 0 spiro atoms. The van der Waals surface area contributed by atoms with Gasteiger partial charge < -0.3 is 4.74 Å². The number of halogens is 3. The number of rotatable bonds is 6. The second-order valence-electron chi connectivity index (χ2n) is 4.33. The molecule has 3 N–H and O–H groups in total. The van der Waals surface area contributed by atoms with Gasteiger partial charge in [0.05, 0.1) is 35.6 Å². The molecule has 0 aliphatic heterocycles. The smallest absolute Gasteiger partial charge is 0.0918 e. The maximum atomic E-state index is 6.28. The van der Waals surface area contributed by atoms with E-state index in [1.165, 1.54) is 0 Å². The number of nitrogens with zero attached hydrogens (tertiary/aromatic N) is 2. The summed E-state index contributed by atoms with van der Waals surface area (Å²) in [5, 5.41) is 5.39. The highest BCUT2D eigenvalue weighted by Gasteiger charge is 2.25. The molecule has 1 atom stereocenters. The number of aromatic nitrogens is 2. The molecule has 1 heterocycles. The summed E-state index contributed by atoms with van der Waals surface area (Å²) in [6.45, 7) is 1.13. The number of methoxy groups -OCH3 is 1. The lowest BCUT2D eigenvalue weighted by Crippen LogP contribution is -2.31. The molecule has 0 bridgehead atoms. The van der Waals surface area contributed by atoms with E-state index in [0.717, 1.165) is 10.2 Å². The Labute approximate surface area is 141 Å². The maximum absolute atomic E-state index is 6.28. The van der Waals surface area contributed by atoms with Gasteiger partial charge in [-0.3, -0.25) is 10.5 Å². The van der Waals surface area contributed by atoms with Crippen LogP contribution in [-0.4, -0.2) is 23.5 Å². The fourth-order valence-corrected chi connectivity index (χ4v) is 3.24. The zero-order valence-electron chi connectivity index (χ0n) is 11.3. The molecule has 21 heavy (non-hydrogen) atoms. The lowest BCUT2D eigenvalue weighted by molar-refractivity contribution is 0.182. The van der Waals surface area contributed by atoms with Crippen LogP contribution < -0.4 is 11.3 Å². The minimum absolute atomic E-state index is 0.389. The summed E-state index contributed by atoms with van der Waals surface area (Å²) in [7, 11) is 1.64. The molecule has 0 saturated heterocycles. The van der Waals surface area contributed by atoms with Crippen LogP contribution in [0.5, 0.6) is 0 Å². The Morgan fingerprint density at radius 2 is 2.10 bits per heavy atom. The normalized spacial score (nSPS) is 12.6. The van der Waals surface area contributed by atoms with Crippen LogP contribution in [0.15, 0.2) is 28.9 Å². The summed E-state index contributed by atoms with van der Waals surface area (Å²) < 4.78 is 7.72. The first kappa shape index (κ1) is 16.7. The predicted octanol–water partition coefficient (Wildman–Crippen LogP) is 3.15. The fourth-order valence-electron chi connectivity index (χ4n) is 2.10. The highest BCUT2D eigenvalue weighted by Crippen LogP contribution is 2.36. The molecule has 0 radical (unpaired) electrons. The third kappa shape index (κ3) is 3.59. The largest absolute Gasteiger partial charge is 0.383 e. The van der Waals surface area contributed by atoms with Crippen molar-refractivity contribution < 1.29 is 4.74 Å². The number of ether oxygens (including phenoxy) is 1. The molecule has 2 aromatic rings. The summed E-state index contributed by atoms with van der Waals surface area (Å²) in [5.74, 6) is 5.74. The van der Waals surface area contributed by atoms with E-state index < -0.39 is 0 Å². The Kier molecular flexibility index (Phi) is 6.04. The average Bonchev–Trinajstić information content (AvgIpc) is 2.82. The lowest BCUT2D eigenvalue weighted by Gasteiger charge is -2.21. The summed E-state index contributed by atoms with van der Waals surface area (Å²) >= 11 is 16.0. The SMILES string of the molecule is COCCn1ncc(Br)c1C(NN)c1c(Cl)cccc1Cl. The molecule has 2 rings (SSSR count). The Morgan fingerprint density at radius 1 is 1.43 bits per heavy atom. The summed E-state index contributed by atoms with van der Waals surface area (Å²) in [6, 6.07) is 4.95. The molecule has 0 amide bonds. The first-order chi connectivity index (χ1) is 10.1. The van der Waals surface area contributed by atoms with Gasteiger partial charge in [-0.05, 0) is 28.1 Å². The van der Waals surface area contributed by atoms with E-state index in [2.05, 4.69) is 26.5 Å². The number of hydrogen-bond donors (Lipinski definition) is 2. The predicted molar refractivity (Wildman–Crippen MR) is 87.4 cm³/mol. The number of nitrogens with two attached hydrogens (primary N) is 1. The molecule has 0 saturated carbocycles. The topological polar surface area (TPSA) is 65.1 Å². The van der Waals surface area contributed by atoms with Crippen molar-refractivity contribution in [3.63, 3.8) is 0 Å². The number of hydrogen-bond acceptors (Lipinski definition) is 4. The Balaban J connectivity index is 2.49. The van der Waals surface area contributed by atoms with Gasteiger partial charge in [-0.15, -0.1) is 0 Å². The Morgan fingerprint density at radius 3 is 2.67 bits per heavy atom. The average molecular weight is 394 g/mol. The second-order valence-corrected chi connectivity index (χ2v) is 6.00. The van der Waals surface area contributed by atoms with Crippen molar-refractivity contribution >= 4 is 39.1 Å². The van der Waals surface area contributed by atoms with Crippen LogP contribution in [0.2, 0.25) is 10.0 Å². The van der Waals surface area contributed by atoms with Crippen molar-refractivity contribution in [1.82, 2.24) is 15.2 Å². The van der Waals surface area contributed by atoms with Crippen molar-refractivity contribution in [3.05, 3.63) is 50.2 Å². The van der Waals surface area contributed by atoms with Crippen molar-refractivity contribution in [2.75, 3.05) is 13.7 Å². The lowest BCUT2D eigenvalue weighted by atomic mass is 10.0. The zero-order chi connectivity index (χ0) is 15.4. The minimum atomic E-state index is -0.389. The van der Waals surface area contributed by atoms with Gasteiger partial charge in [-0.2, -0.15) is 5.10 Å². The van der Waals surface area contributed by atoms with Crippen LogP contribution in [0.1, 0.15) is 17.3 Å². The summed E-state index contributed by atoms with van der Waals surface area (Å²) in [6.07, 6.45) is 1.71. The highest BCUT2D eigenvalue weighted by molar-refractivity contribution is 9.10. The van der Waals surface area contributed by atoms with E-state index in [9.17, 15) is 0 Å². The molecule has 8 heteroatoms. The second kappa shape index (κ2) is 7.58. The van der Waals surface area contributed by atoms with Gasteiger partial charge in [0.15, 0.2) is 0 Å². The number of nitrogens with one attached hydrogen (secondary N) is 1. The van der Waals surface area contributed by atoms with E-state index >= 15 is 0 Å². The van der Waals surface area contributed by atoms with Gasteiger partial charge in [0.1, 0.15) is 0 Å². The zero-order valence-corrected chi connectivity index (χ0v) is 14.4. The molecule has 1 aromatic heterocycles. The van der Waals surface area contributed by atoms with E-state index in [4.69, 9.17) is 33.8 Å². The van der Waals surface area contributed by atoms with E-state index in [0.29, 0.717) is 28.8 Å². The van der Waals surface area contributed by atoms with Gasteiger partial charge in [-0.1, -0.05) is 29.3 Å². The number of hydrazine groups is 1. The van der Waals surface area contributed by atoms with Crippen molar-refractivity contribution in [2.45, 2.75) is 12.6 Å². The molecule has 0 aliphatic rings. The van der Waals surface area contributed by atoms with Crippen LogP contribution >= 0.6 is 39.1 Å². The first-order valence-electron chi connectivity index (χ1n) is 6.20. The van der Waals surface area contributed by atoms with E-state index in [1.807, 2.05) is 0 Å². The number of benzene rings is 1. The Bertz CT molecular complexity index is 600. The van der Waals surface area contributed by atoms with Gasteiger partial charge in [0.25, 0.3) is 0 Å². The van der Waals surface area contributed by atoms with Crippen molar-refractivity contribution in [2.24, 2.45) is 5.84 Å². The van der Waals surface area contributed by atoms with Crippen molar-refractivity contribution in [3.8, 4) is 0 Å². The third-order valence-electron chi connectivity index (χ3n) is 3.07. The first-order valence-corrected chi connectivity index (χ1v) is 7.75. The molecular weight excluding hydrogens is 379 g/mol. The van der Waals surface area contributed by atoms with E-state index in [-0.39, 0.29) is 6.04 Å². The van der Waals surface area contributed by atoms with Gasteiger partial charge >= 0.3 is 0 Å². The van der Waals surface area contributed by atoms with Crippen LogP contribution in [0.3, 0.4) is 0 Å². The van der Waals surface area contributed by atoms with Crippen LogP contribution in [-0.2, 0) is 11.3 Å². The maximum Gasteiger partial charge on any atom is 0.0918 e. The fraction of sp³-hybridized carbons (Fsp3) is 0.308. The molecule has 1 unspecified atom stereocenters. The van der Waals surface area contributed by atoms with Gasteiger partial charge in [0, 0.05) is 22.7 Å². The summed E-state index contributed by atoms with van der Waals surface area (Å²) in [4.78, 5) is 0. The van der Waals surface area contributed by atoms with Gasteiger partial charge in [0.2, 0.25) is 0 Å². The molecule has 5 nitrogen and oxygen atoms in total.